The summed E-state index contributed by atoms with van der Waals surface area (Å²) < 4.78 is 15.7. The second-order valence-corrected chi connectivity index (χ2v) is 8.78. The maximum absolute atomic E-state index is 14.3. The van der Waals surface area contributed by atoms with Crippen LogP contribution in [0.3, 0.4) is 0 Å². The van der Waals surface area contributed by atoms with Crippen LogP contribution in [-0.2, 0) is 16.2 Å². The Balaban J connectivity index is 1.57. The van der Waals surface area contributed by atoms with E-state index in [0.717, 1.165) is 5.56 Å². The molecule has 0 saturated carbocycles. The van der Waals surface area contributed by atoms with Crippen LogP contribution >= 0.6 is 11.8 Å². The summed E-state index contributed by atoms with van der Waals surface area (Å²) in [5.74, 6) is -0.353. The molecule has 0 bridgehead atoms. The molecule has 1 amide bonds. The third kappa shape index (κ3) is 2.96. The predicted octanol–water partition coefficient (Wildman–Crippen LogP) is 3.23. The van der Waals surface area contributed by atoms with Crippen LogP contribution in [-0.4, -0.2) is 16.0 Å². The summed E-state index contributed by atoms with van der Waals surface area (Å²) >= 11 is 1.35. The van der Waals surface area contributed by atoms with Crippen LogP contribution in [0.4, 0.5) is 15.8 Å². The molecule has 3 N–H and O–H groups in total. The summed E-state index contributed by atoms with van der Waals surface area (Å²) in [5.41, 5.74) is 1.33. The zero-order valence-corrected chi connectivity index (χ0v) is 17.9. The second-order valence-electron chi connectivity index (χ2n) is 7.82. The molecule has 3 heterocycles. The lowest BCUT2D eigenvalue weighted by molar-refractivity contribution is -0.781. The number of amides is 1. The SMILES string of the molecule is O=C1Nc2ccc(F)cc2[C@]12Nc1ccccc1-c1c(=O)[nH]c(SCc3ccccc3)n[n+]12. The van der Waals surface area contributed by atoms with Gasteiger partial charge in [-0.05, 0) is 40.6 Å². The van der Waals surface area contributed by atoms with Crippen LogP contribution in [0.15, 0.2) is 82.7 Å². The molecule has 0 unspecified atom stereocenters. The van der Waals surface area contributed by atoms with E-state index < -0.39 is 17.4 Å². The van der Waals surface area contributed by atoms with E-state index in [1.54, 1.807) is 18.2 Å². The Labute approximate surface area is 191 Å². The molecule has 7 nitrogen and oxygen atoms in total. The van der Waals surface area contributed by atoms with Crippen molar-refractivity contribution in [2.24, 2.45) is 0 Å². The molecule has 1 spiro atoms. The first-order valence-corrected chi connectivity index (χ1v) is 11.3. The van der Waals surface area contributed by atoms with Crippen molar-refractivity contribution in [2.45, 2.75) is 16.6 Å². The van der Waals surface area contributed by atoms with Crippen LogP contribution < -0.4 is 20.9 Å². The van der Waals surface area contributed by atoms with Crippen LogP contribution in [0.2, 0.25) is 0 Å². The zero-order valence-electron chi connectivity index (χ0n) is 17.1. The molecule has 3 aromatic carbocycles. The number of carbonyl (C=O) groups excluding carboxylic acids is 1. The maximum atomic E-state index is 14.3. The Hall–Kier alpha value is -3.98. The predicted molar refractivity (Wildman–Crippen MR) is 122 cm³/mol. The Morgan fingerprint density at radius 2 is 1.76 bits per heavy atom. The van der Waals surface area contributed by atoms with E-state index in [4.69, 9.17) is 0 Å². The minimum Gasteiger partial charge on any atom is -0.317 e. The molecule has 4 aromatic rings. The number of carbonyl (C=O) groups is 1. The number of hydrogen-bond acceptors (Lipinski definition) is 5. The molecule has 6 rings (SSSR count). The molecule has 0 aliphatic carbocycles. The molecule has 33 heavy (non-hydrogen) atoms. The molecule has 2 aliphatic rings. The molecule has 0 fully saturated rings. The number of aromatic nitrogens is 3. The fraction of sp³-hybridized carbons (Fsp3) is 0.0833. The lowest BCUT2D eigenvalue weighted by atomic mass is 9.95. The van der Waals surface area contributed by atoms with Crippen LogP contribution in [0, 0.1) is 5.82 Å². The first-order chi connectivity index (χ1) is 16.1. The van der Waals surface area contributed by atoms with Gasteiger partial charge in [-0.3, -0.25) is 14.6 Å². The Bertz CT molecular complexity index is 1490. The highest BCUT2D eigenvalue weighted by molar-refractivity contribution is 7.98. The van der Waals surface area contributed by atoms with Gasteiger partial charge in [-0.25, -0.2) is 4.39 Å². The summed E-state index contributed by atoms with van der Waals surface area (Å²) in [6, 6.07) is 21.1. The molecule has 0 saturated heterocycles. The number of rotatable bonds is 3. The molecule has 2 aliphatic heterocycles. The minimum atomic E-state index is -1.60. The van der Waals surface area contributed by atoms with Crippen molar-refractivity contribution in [1.82, 2.24) is 10.1 Å². The van der Waals surface area contributed by atoms with Gasteiger partial charge < -0.3 is 10.6 Å². The fourth-order valence-electron chi connectivity index (χ4n) is 4.33. The highest BCUT2D eigenvalue weighted by Gasteiger charge is 2.62. The van der Waals surface area contributed by atoms with E-state index in [1.807, 2.05) is 36.4 Å². The van der Waals surface area contributed by atoms with Gasteiger partial charge in [0.25, 0.3) is 0 Å². The van der Waals surface area contributed by atoms with Gasteiger partial charge >= 0.3 is 22.8 Å². The highest BCUT2D eigenvalue weighted by atomic mass is 32.2. The number of hydrogen-bond donors (Lipinski definition) is 3. The van der Waals surface area contributed by atoms with Gasteiger partial charge in [-0.2, -0.15) is 0 Å². The Morgan fingerprint density at radius 1 is 0.970 bits per heavy atom. The van der Waals surface area contributed by atoms with E-state index >= 15 is 0 Å². The van der Waals surface area contributed by atoms with E-state index in [2.05, 4.69) is 20.7 Å². The van der Waals surface area contributed by atoms with E-state index in [9.17, 15) is 14.0 Å². The van der Waals surface area contributed by atoms with Crippen molar-refractivity contribution in [2.75, 3.05) is 10.6 Å². The number of fused-ring (bicyclic) bond motifs is 6. The molecular weight excluding hydrogens is 441 g/mol. The summed E-state index contributed by atoms with van der Waals surface area (Å²) in [5, 5.41) is 11.1. The summed E-state index contributed by atoms with van der Waals surface area (Å²) in [7, 11) is 0. The normalized spacial score (nSPS) is 17.7. The van der Waals surface area contributed by atoms with Gasteiger partial charge in [-0.15, -0.1) is 0 Å². The summed E-state index contributed by atoms with van der Waals surface area (Å²) in [6.07, 6.45) is 0. The summed E-state index contributed by atoms with van der Waals surface area (Å²) in [4.78, 5) is 29.6. The lowest BCUT2D eigenvalue weighted by Crippen LogP contribution is -2.71. The first-order valence-electron chi connectivity index (χ1n) is 10.3. The van der Waals surface area contributed by atoms with E-state index in [1.165, 1.54) is 34.6 Å². The molecular formula is C24H17FN5O2S+. The minimum absolute atomic E-state index is 0.223. The highest BCUT2D eigenvalue weighted by Crippen LogP contribution is 2.41. The van der Waals surface area contributed by atoms with Crippen molar-refractivity contribution in [1.29, 1.82) is 0 Å². The molecule has 9 heteroatoms. The number of halogens is 1. The van der Waals surface area contributed by atoms with Crippen LogP contribution in [0.25, 0.3) is 11.3 Å². The maximum Gasteiger partial charge on any atom is 0.374 e. The zero-order chi connectivity index (χ0) is 22.6. The average Bonchev–Trinajstić information content (AvgIpc) is 3.09. The summed E-state index contributed by atoms with van der Waals surface area (Å²) in [6.45, 7) is 0. The van der Waals surface area contributed by atoms with Gasteiger partial charge in [0.05, 0.1) is 22.5 Å². The van der Waals surface area contributed by atoms with E-state index in [-0.39, 0.29) is 11.3 Å². The van der Waals surface area contributed by atoms with Gasteiger partial charge in [0.2, 0.25) is 5.16 Å². The number of thioether (sulfide) groups is 1. The standard InChI is InChI=1S/C24H16FN5O2S/c25-15-10-11-19-17(12-15)24(22(32)26-19)28-18-9-5-4-8-16(18)20-21(31)27-23(29-30(20)24)33-13-14-6-2-1-3-7-14/h1-12H,13H2,(H2,26,27,29,31,32)/p+1/t24-/m1/s1. The number of H-pyrrole nitrogens is 1. The molecule has 1 aromatic heterocycles. The average molecular weight is 458 g/mol. The monoisotopic (exact) mass is 458 g/mol. The van der Waals surface area contributed by atoms with E-state index in [0.29, 0.717) is 33.4 Å². The number of benzene rings is 3. The van der Waals surface area contributed by atoms with Gasteiger partial charge in [0, 0.05) is 10.9 Å². The van der Waals surface area contributed by atoms with Crippen molar-refractivity contribution in [3.63, 3.8) is 0 Å². The topological polar surface area (TPSA) is 90.8 Å². The quantitative estimate of drug-likeness (QED) is 0.324. The van der Waals surface area contributed by atoms with Gasteiger partial charge in [0.1, 0.15) is 5.82 Å². The third-order valence-corrected chi connectivity index (χ3v) is 6.76. The van der Waals surface area contributed by atoms with Crippen molar-refractivity contribution in [3.05, 3.63) is 100 Å². The lowest BCUT2D eigenvalue weighted by Gasteiger charge is -2.28. The Morgan fingerprint density at radius 3 is 2.61 bits per heavy atom. The molecule has 1 atom stereocenters. The van der Waals surface area contributed by atoms with Gasteiger partial charge in [-0.1, -0.05) is 54.2 Å². The smallest absolute Gasteiger partial charge is 0.317 e. The van der Waals surface area contributed by atoms with Crippen molar-refractivity contribution >= 4 is 29.0 Å². The number of nitrogens with zero attached hydrogens (tertiary/aromatic N) is 2. The number of aromatic amines is 1. The molecule has 162 valence electrons. The van der Waals surface area contributed by atoms with Gasteiger partial charge in [0.15, 0.2) is 0 Å². The number of nitrogens with one attached hydrogen (secondary N) is 3. The molecule has 0 radical (unpaired) electrons. The van der Waals surface area contributed by atoms with Crippen LogP contribution in [0.1, 0.15) is 11.1 Å². The number of anilines is 2. The third-order valence-electron chi connectivity index (χ3n) is 5.82. The number of para-hydroxylation sites is 1. The van der Waals surface area contributed by atoms with Crippen LogP contribution in [0.5, 0.6) is 0 Å². The largest absolute Gasteiger partial charge is 0.374 e. The Kier molecular flexibility index (Phi) is 4.34. The first kappa shape index (κ1) is 19.7. The van der Waals surface area contributed by atoms with Crippen molar-refractivity contribution in [3.8, 4) is 11.3 Å². The van der Waals surface area contributed by atoms with Crippen molar-refractivity contribution < 1.29 is 13.9 Å². The second kappa shape index (κ2) is 7.28. The fourth-order valence-corrected chi connectivity index (χ4v) is 5.13.